The van der Waals surface area contributed by atoms with Crippen LogP contribution in [-0.4, -0.2) is 37.7 Å². The van der Waals surface area contributed by atoms with Crippen molar-refractivity contribution >= 4 is 0 Å². The lowest BCUT2D eigenvalue weighted by molar-refractivity contribution is 0.132. The lowest BCUT2D eigenvalue weighted by Crippen LogP contribution is -2.36. The summed E-state index contributed by atoms with van der Waals surface area (Å²) in [5.41, 5.74) is 10.1. The monoisotopic (exact) mass is 248 g/mol. The van der Waals surface area contributed by atoms with Gasteiger partial charge in [0.05, 0.1) is 6.61 Å². The summed E-state index contributed by atoms with van der Waals surface area (Å²) in [6.07, 6.45) is 1.10. The van der Waals surface area contributed by atoms with Gasteiger partial charge >= 0.3 is 0 Å². The van der Waals surface area contributed by atoms with Crippen LogP contribution in [0.2, 0.25) is 0 Å². The summed E-state index contributed by atoms with van der Waals surface area (Å²) < 4.78 is 5.53. The van der Waals surface area contributed by atoms with Gasteiger partial charge in [0.15, 0.2) is 0 Å². The van der Waals surface area contributed by atoms with Crippen molar-refractivity contribution in [1.82, 2.24) is 4.90 Å². The van der Waals surface area contributed by atoms with E-state index in [1.165, 1.54) is 16.7 Å². The van der Waals surface area contributed by atoms with Crippen LogP contribution < -0.4 is 5.73 Å². The van der Waals surface area contributed by atoms with E-state index in [0.29, 0.717) is 12.6 Å². The molecule has 3 nitrogen and oxygen atoms in total. The Morgan fingerprint density at radius 3 is 2.89 bits per heavy atom. The number of hydrogen-bond acceptors (Lipinski definition) is 3. The molecule has 1 atom stereocenters. The van der Waals surface area contributed by atoms with E-state index in [2.05, 4.69) is 36.9 Å². The smallest absolute Gasteiger partial charge is 0.0593 e. The minimum absolute atomic E-state index is 0.326. The third-order valence-corrected chi connectivity index (χ3v) is 3.93. The molecule has 1 aromatic carbocycles. The molecule has 100 valence electrons. The van der Waals surface area contributed by atoms with Crippen LogP contribution in [-0.2, 0) is 4.74 Å². The Kier molecular flexibility index (Phi) is 4.75. The molecule has 2 N–H and O–H groups in total. The van der Waals surface area contributed by atoms with Crippen LogP contribution in [0, 0.1) is 13.8 Å². The molecule has 1 aliphatic rings. The molecular formula is C15H24N2O. The number of aryl methyl sites for hydroxylation is 1. The van der Waals surface area contributed by atoms with Crippen molar-refractivity contribution in [3.05, 3.63) is 34.9 Å². The van der Waals surface area contributed by atoms with Crippen LogP contribution in [0.3, 0.4) is 0 Å². The van der Waals surface area contributed by atoms with Gasteiger partial charge in [-0.3, -0.25) is 4.90 Å². The van der Waals surface area contributed by atoms with Gasteiger partial charge in [0, 0.05) is 32.3 Å². The predicted molar refractivity (Wildman–Crippen MR) is 74.7 cm³/mol. The zero-order chi connectivity index (χ0) is 13.0. The van der Waals surface area contributed by atoms with Crippen LogP contribution >= 0.6 is 0 Å². The molecule has 0 bridgehead atoms. The fourth-order valence-electron chi connectivity index (χ4n) is 2.68. The Hall–Kier alpha value is -0.900. The number of nitrogens with two attached hydrogens (primary N) is 1. The first-order chi connectivity index (χ1) is 8.74. The second-order valence-corrected chi connectivity index (χ2v) is 5.04. The third-order valence-electron chi connectivity index (χ3n) is 3.93. The van der Waals surface area contributed by atoms with Gasteiger partial charge in [-0.15, -0.1) is 0 Å². The van der Waals surface area contributed by atoms with Gasteiger partial charge in [-0.1, -0.05) is 18.2 Å². The first kappa shape index (κ1) is 13.5. The highest BCUT2D eigenvalue weighted by Gasteiger charge is 2.21. The van der Waals surface area contributed by atoms with Crippen molar-refractivity contribution in [1.29, 1.82) is 0 Å². The van der Waals surface area contributed by atoms with Crippen LogP contribution in [0.1, 0.15) is 29.2 Å². The second kappa shape index (κ2) is 6.32. The van der Waals surface area contributed by atoms with Crippen molar-refractivity contribution < 1.29 is 4.74 Å². The Bertz CT molecular complexity index is 384. The third kappa shape index (κ3) is 2.91. The fraction of sp³-hybridized carbons (Fsp3) is 0.600. The Labute approximate surface area is 110 Å². The summed E-state index contributed by atoms with van der Waals surface area (Å²) in [5.74, 6) is 0. The largest absolute Gasteiger partial charge is 0.380 e. The topological polar surface area (TPSA) is 38.5 Å². The highest BCUT2D eigenvalue weighted by Crippen LogP contribution is 2.25. The van der Waals surface area contributed by atoms with E-state index in [9.17, 15) is 0 Å². The molecule has 18 heavy (non-hydrogen) atoms. The zero-order valence-electron chi connectivity index (χ0n) is 11.5. The van der Waals surface area contributed by atoms with Gasteiger partial charge in [-0.05, 0) is 37.0 Å². The van der Waals surface area contributed by atoms with Gasteiger partial charge < -0.3 is 10.5 Å². The molecule has 1 heterocycles. The van der Waals surface area contributed by atoms with Crippen LogP contribution in [0.15, 0.2) is 18.2 Å². The van der Waals surface area contributed by atoms with E-state index in [4.69, 9.17) is 10.5 Å². The van der Waals surface area contributed by atoms with Crippen LogP contribution in [0.4, 0.5) is 0 Å². The van der Waals surface area contributed by atoms with Crippen molar-refractivity contribution in [3.8, 4) is 0 Å². The first-order valence-corrected chi connectivity index (χ1v) is 6.82. The Morgan fingerprint density at radius 2 is 2.11 bits per heavy atom. The molecule has 0 aliphatic carbocycles. The number of nitrogens with zero attached hydrogens (tertiary/aromatic N) is 1. The van der Waals surface area contributed by atoms with E-state index in [0.717, 1.165) is 32.7 Å². The maximum Gasteiger partial charge on any atom is 0.0593 e. The molecule has 0 saturated carbocycles. The molecule has 1 aromatic rings. The SMILES string of the molecule is Cc1cccc(C(CN)N2CCCOCC2)c1C. The molecule has 0 aromatic heterocycles. The van der Waals surface area contributed by atoms with Crippen molar-refractivity contribution in [3.63, 3.8) is 0 Å². The minimum atomic E-state index is 0.326. The number of benzene rings is 1. The van der Waals surface area contributed by atoms with E-state index in [-0.39, 0.29) is 0 Å². The standard InChI is InChI=1S/C15H24N2O/c1-12-5-3-6-14(13(12)2)15(11-16)17-7-4-9-18-10-8-17/h3,5-6,15H,4,7-11,16H2,1-2H3. The summed E-state index contributed by atoms with van der Waals surface area (Å²) in [6, 6.07) is 6.84. The van der Waals surface area contributed by atoms with E-state index in [1.807, 2.05) is 0 Å². The average Bonchev–Trinajstić information content (AvgIpc) is 2.64. The molecule has 0 spiro atoms. The van der Waals surface area contributed by atoms with Crippen LogP contribution in [0.25, 0.3) is 0 Å². The molecule has 0 amide bonds. The first-order valence-electron chi connectivity index (χ1n) is 6.82. The number of rotatable bonds is 3. The van der Waals surface area contributed by atoms with Crippen LogP contribution in [0.5, 0.6) is 0 Å². The molecule has 1 unspecified atom stereocenters. The summed E-state index contributed by atoms with van der Waals surface area (Å²) in [7, 11) is 0. The van der Waals surface area contributed by atoms with E-state index < -0.39 is 0 Å². The van der Waals surface area contributed by atoms with Crippen molar-refractivity contribution in [2.24, 2.45) is 5.73 Å². The Morgan fingerprint density at radius 1 is 1.28 bits per heavy atom. The zero-order valence-corrected chi connectivity index (χ0v) is 11.5. The Balaban J connectivity index is 2.23. The molecule has 1 fully saturated rings. The van der Waals surface area contributed by atoms with E-state index in [1.54, 1.807) is 0 Å². The van der Waals surface area contributed by atoms with Gasteiger partial charge in [-0.25, -0.2) is 0 Å². The van der Waals surface area contributed by atoms with Gasteiger partial charge in [-0.2, -0.15) is 0 Å². The lowest BCUT2D eigenvalue weighted by atomic mass is 9.96. The maximum atomic E-state index is 6.02. The summed E-state index contributed by atoms with van der Waals surface area (Å²) in [5, 5.41) is 0. The number of ether oxygens (including phenoxy) is 1. The molecule has 1 aliphatic heterocycles. The number of hydrogen-bond donors (Lipinski definition) is 1. The molecule has 0 radical (unpaired) electrons. The van der Waals surface area contributed by atoms with Crippen molar-refractivity contribution in [2.45, 2.75) is 26.3 Å². The highest BCUT2D eigenvalue weighted by molar-refractivity contribution is 5.35. The van der Waals surface area contributed by atoms with Gasteiger partial charge in [0.1, 0.15) is 0 Å². The van der Waals surface area contributed by atoms with Gasteiger partial charge in [0.25, 0.3) is 0 Å². The molecule has 3 heteroatoms. The summed E-state index contributed by atoms with van der Waals surface area (Å²) in [6.45, 7) is 8.79. The fourth-order valence-corrected chi connectivity index (χ4v) is 2.68. The molecular weight excluding hydrogens is 224 g/mol. The quantitative estimate of drug-likeness (QED) is 0.889. The van der Waals surface area contributed by atoms with Crippen molar-refractivity contribution in [2.75, 3.05) is 32.8 Å². The summed E-state index contributed by atoms with van der Waals surface area (Å²) in [4.78, 5) is 2.47. The summed E-state index contributed by atoms with van der Waals surface area (Å²) >= 11 is 0. The predicted octanol–water partition coefficient (Wildman–Crippen LogP) is 2.03. The maximum absolute atomic E-state index is 6.02. The molecule has 1 saturated heterocycles. The molecule has 2 rings (SSSR count). The van der Waals surface area contributed by atoms with E-state index >= 15 is 0 Å². The van der Waals surface area contributed by atoms with Gasteiger partial charge in [0.2, 0.25) is 0 Å². The highest BCUT2D eigenvalue weighted by atomic mass is 16.5. The lowest BCUT2D eigenvalue weighted by Gasteiger charge is -2.31. The normalized spacial score (nSPS) is 19.5. The average molecular weight is 248 g/mol. The minimum Gasteiger partial charge on any atom is -0.380 e. The second-order valence-electron chi connectivity index (χ2n) is 5.04.